The van der Waals surface area contributed by atoms with Crippen LogP contribution in [0.5, 0.6) is 5.75 Å². The number of ether oxygens (including phenoxy) is 1. The van der Waals surface area contributed by atoms with E-state index in [9.17, 15) is 19.6 Å². The quantitative estimate of drug-likeness (QED) is 0.474. The van der Waals surface area contributed by atoms with Crippen LogP contribution >= 0.6 is 11.6 Å². The lowest BCUT2D eigenvalue weighted by molar-refractivity contribution is -0.126. The average Bonchev–Trinajstić information content (AvgIpc) is 3.24. The van der Waals surface area contributed by atoms with E-state index in [0.717, 1.165) is 49.4 Å². The van der Waals surface area contributed by atoms with Crippen molar-refractivity contribution in [2.75, 3.05) is 13.1 Å². The number of amides is 3. The third kappa shape index (κ3) is 4.82. The van der Waals surface area contributed by atoms with Crippen molar-refractivity contribution < 1.29 is 19.1 Å². The Morgan fingerprint density at radius 1 is 1.21 bits per heavy atom. The Labute approximate surface area is 226 Å². The maximum Gasteiger partial charge on any atom is 0.271 e. The number of benzene rings is 1. The van der Waals surface area contributed by atoms with Crippen molar-refractivity contribution in [3.63, 3.8) is 0 Å². The third-order valence-electron chi connectivity index (χ3n) is 8.57. The molecule has 3 N–H and O–H groups in total. The normalized spacial score (nSPS) is 27.2. The molecule has 4 aliphatic rings. The summed E-state index contributed by atoms with van der Waals surface area (Å²) in [6.07, 6.45) is 6.81. The molecule has 3 heterocycles. The number of nitrogens with one attached hydrogen (secondary N) is 3. The van der Waals surface area contributed by atoms with E-state index in [-0.39, 0.29) is 41.6 Å². The Morgan fingerprint density at radius 3 is 2.79 bits per heavy atom. The van der Waals surface area contributed by atoms with Gasteiger partial charge in [0.2, 0.25) is 11.8 Å². The SMILES string of the molecule is N#C[C@H](CC[C@@H]1CCNC1=O)NC(=O)[C@@H]1[C@H]2CCC[C@H]2CN1C(=O)c1cc2c(OC3CC3)cc(Cl)cc2[nH]1. The fourth-order valence-electron chi connectivity index (χ4n) is 6.47. The van der Waals surface area contributed by atoms with E-state index in [4.69, 9.17) is 16.3 Å². The second-order valence-electron chi connectivity index (χ2n) is 11.2. The molecule has 4 fully saturated rings. The number of likely N-dealkylation sites (tertiary alicyclic amines) is 1. The van der Waals surface area contributed by atoms with Gasteiger partial charge in [0.05, 0.1) is 17.7 Å². The van der Waals surface area contributed by atoms with E-state index in [1.165, 1.54) is 0 Å². The summed E-state index contributed by atoms with van der Waals surface area (Å²) in [5.41, 5.74) is 1.11. The van der Waals surface area contributed by atoms with Gasteiger partial charge in [-0.05, 0) is 75.0 Å². The molecule has 0 unspecified atom stereocenters. The summed E-state index contributed by atoms with van der Waals surface area (Å²) in [6, 6.07) is 6.19. The van der Waals surface area contributed by atoms with Gasteiger partial charge < -0.3 is 25.3 Å². The minimum atomic E-state index is -0.703. The lowest BCUT2D eigenvalue weighted by Gasteiger charge is -2.27. The Kier molecular flexibility index (Phi) is 6.68. The number of rotatable bonds is 8. The highest BCUT2D eigenvalue weighted by molar-refractivity contribution is 6.31. The summed E-state index contributed by atoms with van der Waals surface area (Å²) in [6.45, 7) is 1.17. The summed E-state index contributed by atoms with van der Waals surface area (Å²) < 4.78 is 6.03. The fraction of sp³-hybridized carbons (Fsp3) is 0.571. The largest absolute Gasteiger partial charge is 0.490 e. The predicted octanol–water partition coefficient (Wildman–Crippen LogP) is 3.53. The zero-order chi connectivity index (χ0) is 26.4. The zero-order valence-electron chi connectivity index (χ0n) is 21.2. The molecule has 10 heteroatoms. The number of carbonyl (C=O) groups is 3. The van der Waals surface area contributed by atoms with Gasteiger partial charge in [0.15, 0.2) is 0 Å². The summed E-state index contributed by atoms with van der Waals surface area (Å²) >= 11 is 6.31. The maximum absolute atomic E-state index is 13.8. The molecule has 2 aliphatic carbocycles. The standard InChI is InChI=1S/C28H32ClN5O4/c29-17-10-22-21(24(11-17)38-19-6-7-19)12-23(33-22)28(37)34-14-16-2-1-3-20(16)25(34)27(36)32-18(13-30)5-4-15-8-9-31-26(15)35/h10-12,15-16,18-20,25,33H,1-9,14H2,(H,31,35)(H,32,36)/t15-,16+,18+,20+,25+/m1/s1. The highest BCUT2D eigenvalue weighted by Gasteiger charge is 2.50. The van der Waals surface area contributed by atoms with Crippen molar-refractivity contribution in [1.29, 1.82) is 5.26 Å². The highest BCUT2D eigenvalue weighted by Crippen LogP contribution is 2.43. The fourth-order valence-corrected chi connectivity index (χ4v) is 6.68. The van der Waals surface area contributed by atoms with E-state index in [1.54, 1.807) is 23.1 Å². The zero-order valence-corrected chi connectivity index (χ0v) is 21.9. The number of hydrogen-bond acceptors (Lipinski definition) is 5. The molecule has 6 rings (SSSR count). The van der Waals surface area contributed by atoms with Crippen molar-refractivity contribution in [1.82, 2.24) is 20.5 Å². The minimum Gasteiger partial charge on any atom is -0.490 e. The summed E-state index contributed by atoms with van der Waals surface area (Å²) in [5.74, 6) is 0.380. The number of aromatic nitrogens is 1. The Balaban J connectivity index is 1.20. The average molecular weight is 538 g/mol. The first-order chi connectivity index (χ1) is 18.4. The van der Waals surface area contributed by atoms with Crippen LogP contribution in [0.1, 0.15) is 61.9 Å². The first-order valence-electron chi connectivity index (χ1n) is 13.7. The Hall–Kier alpha value is -3.25. The molecule has 0 radical (unpaired) electrons. The van der Waals surface area contributed by atoms with E-state index in [2.05, 4.69) is 21.7 Å². The van der Waals surface area contributed by atoms with Crippen LogP contribution in [0.2, 0.25) is 5.02 Å². The summed E-state index contributed by atoms with van der Waals surface area (Å²) in [5, 5.41) is 16.8. The van der Waals surface area contributed by atoms with Gasteiger partial charge in [-0.1, -0.05) is 18.0 Å². The molecule has 9 nitrogen and oxygen atoms in total. The van der Waals surface area contributed by atoms with E-state index >= 15 is 0 Å². The number of hydrogen-bond donors (Lipinski definition) is 3. The van der Waals surface area contributed by atoms with Crippen LogP contribution in [-0.4, -0.2) is 58.9 Å². The van der Waals surface area contributed by atoms with Gasteiger partial charge in [0.1, 0.15) is 23.5 Å². The molecule has 38 heavy (non-hydrogen) atoms. The highest BCUT2D eigenvalue weighted by atomic mass is 35.5. The molecule has 1 aromatic carbocycles. The molecule has 2 saturated carbocycles. The molecule has 0 bridgehead atoms. The van der Waals surface area contributed by atoms with Crippen LogP contribution in [0.3, 0.4) is 0 Å². The molecule has 5 atom stereocenters. The molecule has 2 aromatic rings. The molecule has 0 spiro atoms. The molecule has 1 aromatic heterocycles. The van der Waals surface area contributed by atoms with Gasteiger partial charge in [-0.15, -0.1) is 0 Å². The van der Waals surface area contributed by atoms with Crippen LogP contribution in [0.15, 0.2) is 18.2 Å². The Bertz CT molecular complexity index is 1310. The first kappa shape index (κ1) is 25.1. The molecule has 2 saturated heterocycles. The van der Waals surface area contributed by atoms with Gasteiger partial charge in [-0.2, -0.15) is 5.26 Å². The van der Waals surface area contributed by atoms with Gasteiger partial charge in [-0.3, -0.25) is 14.4 Å². The van der Waals surface area contributed by atoms with Crippen LogP contribution in [0.4, 0.5) is 0 Å². The van der Waals surface area contributed by atoms with Gasteiger partial charge >= 0.3 is 0 Å². The van der Waals surface area contributed by atoms with Gasteiger partial charge in [-0.25, -0.2) is 0 Å². The summed E-state index contributed by atoms with van der Waals surface area (Å²) in [7, 11) is 0. The van der Waals surface area contributed by atoms with E-state index in [0.29, 0.717) is 42.4 Å². The predicted molar refractivity (Wildman–Crippen MR) is 141 cm³/mol. The Morgan fingerprint density at radius 2 is 2.05 bits per heavy atom. The van der Waals surface area contributed by atoms with Crippen molar-refractivity contribution in [2.45, 2.75) is 69.6 Å². The van der Waals surface area contributed by atoms with Crippen LogP contribution in [0.25, 0.3) is 10.9 Å². The van der Waals surface area contributed by atoms with Crippen molar-refractivity contribution in [2.24, 2.45) is 17.8 Å². The molecule has 2 aliphatic heterocycles. The van der Waals surface area contributed by atoms with Gasteiger partial charge in [0, 0.05) is 29.4 Å². The van der Waals surface area contributed by atoms with E-state index in [1.807, 2.05) is 0 Å². The first-order valence-corrected chi connectivity index (χ1v) is 14.1. The van der Waals surface area contributed by atoms with Crippen LogP contribution in [-0.2, 0) is 9.59 Å². The molecule has 3 amide bonds. The monoisotopic (exact) mass is 537 g/mol. The number of fused-ring (bicyclic) bond motifs is 2. The smallest absolute Gasteiger partial charge is 0.271 e. The number of H-pyrrole nitrogens is 1. The lowest BCUT2D eigenvalue weighted by Crippen LogP contribution is -2.51. The van der Waals surface area contributed by atoms with Crippen LogP contribution in [0, 0.1) is 29.1 Å². The van der Waals surface area contributed by atoms with Crippen LogP contribution < -0.4 is 15.4 Å². The number of aromatic amines is 1. The molecule has 200 valence electrons. The van der Waals surface area contributed by atoms with E-state index < -0.39 is 12.1 Å². The number of nitrogens with zero attached hydrogens (tertiary/aromatic N) is 2. The second kappa shape index (κ2) is 10.1. The number of halogens is 1. The number of nitriles is 1. The third-order valence-corrected chi connectivity index (χ3v) is 8.79. The van der Waals surface area contributed by atoms with Gasteiger partial charge in [0.25, 0.3) is 5.91 Å². The minimum absolute atomic E-state index is 0.0136. The lowest BCUT2D eigenvalue weighted by atomic mass is 9.93. The maximum atomic E-state index is 13.8. The van der Waals surface area contributed by atoms with Crippen molar-refractivity contribution >= 4 is 40.2 Å². The van der Waals surface area contributed by atoms with Crippen molar-refractivity contribution in [3.05, 3.63) is 28.9 Å². The summed E-state index contributed by atoms with van der Waals surface area (Å²) in [4.78, 5) is 44.2. The molecular weight excluding hydrogens is 506 g/mol. The topological polar surface area (TPSA) is 127 Å². The molecular formula is C28H32ClN5O4. The second-order valence-corrected chi connectivity index (χ2v) is 11.6. The number of carbonyl (C=O) groups excluding carboxylic acids is 3. The van der Waals surface area contributed by atoms with Crippen molar-refractivity contribution in [3.8, 4) is 11.8 Å².